The lowest BCUT2D eigenvalue weighted by atomic mass is 9.96. The highest BCUT2D eigenvalue weighted by molar-refractivity contribution is 5.34. The molecular weight excluding hydrogens is 174 g/mol. The molecule has 2 nitrogen and oxygen atoms in total. The molecule has 0 saturated carbocycles. The summed E-state index contributed by atoms with van der Waals surface area (Å²) in [4.78, 5) is 0. The first-order valence-corrected chi connectivity index (χ1v) is 5.02. The van der Waals surface area contributed by atoms with Crippen molar-refractivity contribution < 1.29 is 5.11 Å². The fraction of sp³-hybridized carbons (Fsp3) is 0.500. The van der Waals surface area contributed by atoms with E-state index in [1.807, 2.05) is 26.0 Å². The van der Waals surface area contributed by atoms with E-state index in [9.17, 15) is 5.11 Å². The standard InChI is InChI=1S/C12H19NO/c1-8-5-4-6-11(10(8)3)12(14)7-9(2)13/h4-6,9,12,14H,7,13H2,1-3H3. The summed E-state index contributed by atoms with van der Waals surface area (Å²) in [7, 11) is 0. The molecule has 0 heterocycles. The quantitative estimate of drug-likeness (QED) is 0.772. The van der Waals surface area contributed by atoms with Crippen LogP contribution in [0.25, 0.3) is 0 Å². The first-order valence-electron chi connectivity index (χ1n) is 5.02. The summed E-state index contributed by atoms with van der Waals surface area (Å²) >= 11 is 0. The first kappa shape index (κ1) is 11.2. The molecule has 1 aromatic carbocycles. The van der Waals surface area contributed by atoms with E-state index in [0.29, 0.717) is 6.42 Å². The molecular formula is C12H19NO. The Kier molecular flexibility index (Phi) is 3.67. The number of rotatable bonds is 3. The zero-order valence-electron chi connectivity index (χ0n) is 9.12. The maximum atomic E-state index is 9.92. The van der Waals surface area contributed by atoms with E-state index in [4.69, 9.17) is 5.73 Å². The molecule has 2 unspecified atom stereocenters. The van der Waals surface area contributed by atoms with Gasteiger partial charge in [0.15, 0.2) is 0 Å². The van der Waals surface area contributed by atoms with E-state index in [-0.39, 0.29) is 6.04 Å². The van der Waals surface area contributed by atoms with Gasteiger partial charge >= 0.3 is 0 Å². The summed E-state index contributed by atoms with van der Waals surface area (Å²) in [5, 5.41) is 9.92. The maximum Gasteiger partial charge on any atom is 0.0807 e. The van der Waals surface area contributed by atoms with Crippen LogP contribution in [0.15, 0.2) is 18.2 Å². The molecule has 1 rings (SSSR count). The number of hydrogen-bond donors (Lipinski definition) is 2. The molecule has 14 heavy (non-hydrogen) atoms. The monoisotopic (exact) mass is 193 g/mol. The predicted octanol–water partition coefficient (Wildman–Crippen LogP) is 2.07. The molecule has 0 fully saturated rings. The van der Waals surface area contributed by atoms with Gasteiger partial charge in [-0.15, -0.1) is 0 Å². The Morgan fingerprint density at radius 3 is 2.57 bits per heavy atom. The smallest absolute Gasteiger partial charge is 0.0807 e. The van der Waals surface area contributed by atoms with Crippen molar-refractivity contribution in [3.05, 3.63) is 34.9 Å². The van der Waals surface area contributed by atoms with E-state index in [2.05, 4.69) is 13.0 Å². The number of nitrogens with two attached hydrogens (primary N) is 1. The summed E-state index contributed by atoms with van der Waals surface area (Å²) in [5.41, 5.74) is 9.04. The van der Waals surface area contributed by atoms with Crippen LogP contribution in [-0.4, -0.2) is 11.1 Å². The Bertz CT molecular complexity index is 307. The van der Waals surface area contributed by atoms with Gasteiger partial charge in [0, 0.05) is 6.04 Å². The minimum absolute atomic E-state index is 0.0323. The van der Waals surface area contributed by atoms with Crippen molar-refractivity contribution in [2.75, 3.05) is 0 Å². The number of aryl methyl sites for hydroxylation is 1. The summed E-state index contributed by atoms with van der Waals surface area (Å²) in [5.74, 6) is 0. The zero-order chi connectivity index (χ0) is 10.7. The van der Waals surface area contributed by atoms with Gasteiger partial charge in [-0.05, 0) is 43.9 Å². The van der Waals surface area contributed by atoms with Gasteiger partial charge < -0.3 is 10.8 Å². The van der Waals surface area contributed by atoms with Crippen LogP contribution in [-0.2, 0) is 0 Å². The fourth-order valence-corrected chi connectivity index (χ4v) is 1.61. The highest BCUT2D eigenvalue weighted by Gasteiger charge is 2.12. The van der Waals surface area contributed by atoms with E-state index < -0.39 is 6.10 Å². The third kappa shape index (κ3) is 2.56. The van der Waals surface area contributed by atoms with E-state index >= 15 is 0 Å². The minimum atomic E-state index is -0.435. The Balaban J connectivity index is 2.89. The molecule has 0 aromatic heterocycles. The Morgan fingerprint density at radius 1 is 1.36 bits per heavy atom. The summed E-state index contributed by atoms with van der Waals surface area (Å²) in [6, 6.07) is 6.03. The molecule has 0 saturated heterocycles. The Labute approximate surface area is 85.8 Å². The molecule has 0 aliphatic heterocycles. The molecule has 0 aliphatic carbocycles. The molecule has 3 N–H and O–H groups in total. The van der Waals surface area contributed by atoms with Crippen LogP contribution >= 0.6 is 0 Å². The van der Waals surface area contributed by atoms with E-state index in [1.165, 1.54) is 11.1 Å². The lowest BCUT2D eigenvalue weighted by molar-refractivity contribution is 0.159. The van der Waals surface area contributed by atoms with Gasteiger partial charge in [-0.2, -0.15) is 0 Å². The third-order valence-corrected chi connectivity index (χ3v) is 2.60. The van der Waals surface area contributed by atoms with Crippen molar-refractivity contribution in [2.45, 2.75) is 39.3 Å². The molecule has 2 heteroatoms. The fourth-order valence-electron chi connectivity index (χ4n) is 1.61. The van der Waals surface area contributed by atoms with Crippen LogP contribution in [0, 0.1) is 13.8 Å². The van der Waals surface area contributed by atoms with Crippen molar-refractivity contribution >= 4 is 0 Å². The van der Waals surface area contributed by atoms with Crippen LogP contribution in [0.3, 0.4) is 0 Å². The molecule has 0 bridgehead atoms. The van der Waals surface area contributed by atoms with E-state index in [0.717, 1.165) is 5.56 Å². The van der Waals surface area contributed by atoms with Gasteiger partial charge in [-0.1, -0.05) is 18.2 Å². The number of aliphatic hydroxyl groups excluding tert-OH is 1. The third-order valence-electron chi connectivity index (χ3n) is 2.60. The van der Waals surface area contributed by atoms with Crippen molar-refractivity contribution in [1.82, 2.24) is 0 Å². The second kappa shape index (κ2) is 4.58. The van der Waals surface area contributed by atoms with Gasteiger partial charge in [0.1, 0.15) is 0 Å². The van der Waals surface area contributed by atoms with Crippen LogP contribution in [0.5, 0.6) is 0 Å². The van der Waals surface area contributed by atoms with Crippen LogP contribution < -0.4 is 5.73 Å². The van der Waals surface area contributed by atoms with Crippen molar-refractivity contribution in [3.63, 3.8) is 0 Å². The minimum Gasteiger partial charge on any atom is -0.388 e. The summed E-state index contributed by atoms with van der Waals surface area (Å²) in [6.07, 6.45) is 0.180. The Hall–Kier alpha value is -0.860. The molecule has 0 aliphatic rings. The number of hydrogen-bond acceptors (Lipinski definition) is 2. The topological polar surface area (TPSA) is 46.2 Å². The molecule has 0 amide bonds. The lowest BCUT2D eigenvalue weighted by Gasteiger charge is -2.16. The SMILES string of the molecule is Cc1cccc(C(O)CC(C)N)c1C. The highest BCUT2D eigenvalue weighted by atomic mass is 16.3. The molecule has 0 radical (unpaired) electrons. The van der Waals surface area contributed by atoms with Crippen LogP contribution in [0.2, 0.25) is 0 Å². The number of benzene rings is 1. The maximum absolute atomic E-state index is 9.92. The van der Waals surface area contributed by atoms with Gasteiger partial charge in [-0.25, -0.2) is 0 Å². The molecule has 78 valence electrons. The van der Waals surface area contributed by atoms with Crippen molar-refractivity contribution in [3.8, 4) is 0 Å². The second-order valence-corrected chi connectivity index (χ2v) is 4.02. The van der Waals surface area contributed by atoms with E-state index in [1.54, 1.807) is 0 Å². The van der Waals surface area contributed by atoms with Gasteiger partial charge in [0.2, 0.25) is 0 Å². The highest BCUT2D eigenvalue weighted by Crippen LogP contribution is 2.23. The summed E-state index contributed by atoms with van der Waals surface area (Å²) < 4.78 is 0. The average Bonchev–Trinajstić information content (AvgIpc) is 2.08. The normalized spacial score (nSPS) is 15.2. The zero-order valence-corrected chi connectivity index (χ0v) is 9.12. The molecule has 1 aromatic rings. The van der Waals surface area contributed by atoms with Crippen LogP contribution in [0.1, 0.15) is 36.1 Å². The van der Waals surface area contributed by atoms with Crippen molar-refractivity contribution in [1.29, 1.82) is 0 Å². The molecule has 2 atom stereocenters. The Morgan fingerprint density at radius 2 is 2.00 bits per heavy atom. The van der Waals surface area contributed by atoms with Crippen molar-refractivity contribution in [2.24, 2.45) is 5.73 Å². The first-order chi connectivity index (χ1) is 6.52. The van der Waals surface area contributed by atoms with Gasteiger partial charge in [-0.3, -0.25) is 0 Å². The average molecular weight is 193 g/mol. The second-order valence-electron chi connectivity index (χ2n) is 4.02. The van der Waals surface area contributed by atoms with Crippen LogP contribution in [0.4, 0.5) is 0 Å². The lowest BCUT2D eigenvalue weighted by Crippen LogP contribution is -2.19. The van der Waals surface area contributed by atoms with Gasteiger partial charge in [0.25, 0.3) is 0 Å². The van der Waals surface area contributed by atoms with Gasteiger partial charge in [0.05, 0.1) is 6.10 Å². The number of aliphatic hydroxyl groups is 1. The summed E-state index contributed by atoms with van der Waals surface area (Å²) in [6.45, 7) is 6.00. The predicted molar refractivity (Wildman–Crippen MR) is 59.1 cm³/mol. The largest absolute Gasteiger partial charge is 0.388 e. The molecule has 0 spiro atoms.